The maximum atomic E-state index is 12.1. The van der Waals surface area contributed by atoms with Crippen LogP contribution in [-0.4, -0.2) is 23.2 Å². The molecule has 1 amide bonds. The van der Waals surface area contributed by atoms with E-state index in [-0.39, 0.29) is 5.91 Å². The van der Waals surface area contributed by atoms with Crippen molar-refractivity contribution in [2.75, 3.05) is 6.54 Å². The average Bonchev–Trinajstić information content (AvgIpc) is 2.34. The van der Waals surface area contributed by atoms with Crippen molar-refractivity contribution in [1.29, 1.82) is 0 Å². The summed E-state index contributed by atoms with van der Waals surface area (Å²) < 4.78 is 0.764. The molecular weight excluding hydrogens is 342 g/mol. The summed E-state index contributed by atoms with van der Waals surface area (Å²) in [5, 5.41) is 13.8. The van der Waals surface area contributed by atoms with Gasteiger partial charge in [-0.15, -0.1) is 0 Å². The van der Waals surface area contributed by atoms with Crippen LogP contribution < -0.4 is 5.32 Å². The van der Waals surface area contributed by atoms with E-state index in [2.05, 4.69) is 28.2 Å². The van der Waals surface area contributed by atoms with Crippen LogP contribution in [0.25, 0.3) is 0 Å². The highest BCUT2D eigenvalue weighted by molar-refractivity contribution is 9.10. The Balaban J connectivity index is 1.98. The van der Waals surface area contributed by atoms with E-state index in [1.165, 1.54) is 0 Å². The fourth-order valence-corrected chi connectivity index (χ4v) is 3.68. The summed E-state index contributed by atoms with van der Waals surface area (Å²) in [5.41, 5.74) is -0.278. The molecule has 0 radical (unpaired) electrons. The maximum Gasteiger partial charge on any atom is 0.251 e. The van der Waals surface area contributed by atoms with Gasteiger partial charge in [0.05, 0.1) is 5.60 Å². The summed E-state index contributed by atoms with van der Waals surface area (Å²) in [4.78, 5) is 12.1. The third kappa shape index (κ3) is 4.21. The summed E-state index contributed by atoms with van der Waals surface area (Å²) in [6.45, 7) is 2.43. The van der Waals surface area contributed by atoms with E-state index in [4.69, 9.17) is 11.6 Å². The van der Waals surface area contributed by atoms with Crippen LogP contribution in [0.2, 0.25) is 5.02 Å². The normalized spacial score (nSPS) is 26.3. The zero-order valence-corrected chi connectivity index (χ0v) is 13.8. The van der Waals surface area contributed by atoms with Gasteiger partial charge in [0.15, 0.2) is 0 Å². The lowest BCUT2D eigenvalue weighted by Crippen LogP contribution is -2.45. The first kappa shape index (κ1) is 15.8. The predicted octanol–water partition coefficient (Wildman–Crippen LogP) is 3.77. The highest BCUT2D eigenvalue weighted by Gasteiger charge is 2.32. The summed E-state index contributed by atoms with van der Waals surface area (Å²) >= 11 is 9.24. The summed E-state index contributed by atoms with van der Waals surface area (Å²) in [5.74, 6) is 0.297. The highest BCUT2D eigenvalue weighted by atomic mass is 79.9. The first-order chi connectivity index (χ1) is 9.38. The number of hydrogen-bond donors (Lipinski definition) is 2. The van der Waals surface area contributed by atoms with E-state index in [0.29, 0.717) is 23.0 Å². The van der Waals surface area contributed by atoms with Gasteiger partial charge in [-0.05, 0) is 37.0 Å². The van der Waals surface area contributed by atoms with Gasteiger partial charge in [0, 0.05) is 21.6 Å². The van der Waals surface area contributed by atoms with Crippen LogP contribution in [0.3, 0.4) is 0 Å². The standard InChI is InChI=1S/C15H19BrClNO2/c1-10-3-2-4-15(20,8-10)9-18-14(19)11-5-12(16)7-13(17)6-11/h5-7,10,20H,2-4,8-9H2,1H3,(H,18,19). The van der Waals surface area contributed by atoms with Crippen molar-refractivity contribution < 1.29 is 9.90 Å². The van der Waals surface area contributed by atoms with Gasteiger partial charge < -0.3 is 10.4 Å². The van der Waals surface area contributed by atoms with Crippen LogP contribution in [0.4, 0.5) is 0 Å². The summed E-state index contributed by atoms with van der Waals surface area (Å²) in [7, 11) is 0. The molecule has 2 N–H and O–H groups in total. The number of halogens is 2. The molecule has 3 nitrogen and oxygen atoms in total. The minimum Gasteiger partial charge on any atom is -0.388 e. The molecule has 1 aliphatic carbocycles. The number of aliphatic hydroxyl groups is 1. The van der Waals surface area contributed by atoms with Gasteiger partial charge in [-0.1, -0.05) is 47.3 Å². The SMILES string of the molecule is CC1CCCC(O)(CNC(=O)c2cc(Cl)cc(Br)c2)C1. The Kier molecular flexibility index (Phi) is 5.10. The quantitative estimate of drug-likeness (QED) is 0.862. The molecule has 2 atom stereocenters. The maximum absolute atomic E-state index is 12.1. The number of amides is 1. The van der Waals surface area contributed by atoms with Gasteiger partial charge >= 0.3 is 0 Å². The first-order valence-corrected chi connectivity index (χ1v) is 8.02. The number of carbonyl (C=O) groups is 1. The van der Waals surface area contributed by atoms with Crippen LogP contribution in [0.1, 0.15) is 43.0 Å². The Hall–Kier alpha value is -0.580. The number of benzene rings is 1. The molecule has 0 heterocycles. The van der Waals surface area contributed by atoms with E-state index < -0.39 is 5.60 Å². The topological polar surface area (TPSA) is 49.3 Å². The Morgan fingerprint density at radius 3 is 2.95 bits per heavy atom. The van der Waals surface area contributed by atoms with Crippen molar-refractivity contribution >= 4 is 33.4 Å². The van der Waals surface area contributed by atoms with Gasteiger partial charge in [-0.25, -0.2) is 0 Å². The average molecular weight is 361 g/mol. The Morgan fingerprint density at radius 2 is 2.30 bits per heavy atom. The Bertz CT molecular complexity index is 488. The second-order valence-corrected chi connectivity index (χ2v) is 7.12. The number of carbonyl (C=O) groups excluding carboxylic acids is 1. The molecule has 1 aliphatic rings. The van der Waals surface area contributed by atoms with Gasteiger partial charge in [0.1, 0.15) is 0 Å². The third-order valence-corrected chi connectivity index (χ3v) is 4.45. The Morgan fingerprint density at radius 1 is 1.55 bits per heavy atom. The molecule has 20 heavy (non-hydrogen) atoms. The molecule has 110 valence electrons. The molecule has 2 rings (SSSR count). The monoisotopic (exact) mass is 359 g/mol. The van der Waals surface area contributed by atoms with Gasteiger partial charge in [-0.2, -0.15) is 0 Å². The molecule has 2 unspecified atom stereocenters. The second-order valence-electron chi connectivity index (χ2n) is 5.77. The lowest BCUT2D eigenvalue weighted by Gasteiger charge is -2.35. The minimum absolute atomic E-state index is 0.208. The number of rotatable bonds is 3. The van der Waals surface area contributed by atoms with E-state index in [1.54, 1.807) is 18.2 Å². The lowest BCUT2D eigenvalue weighted by atomic mass is 9.79. The lowest BCUT2D eigenvalue weighted by molar-refractivity contribution is -0.0109. The van der Waals surface area contributed by atoms with Gasteiger partial charge in [-0.3, -0.25) is 4.79 Å². The molecule has 1 fully saturated rings. The molecular formula is C15H19BrClNO2. The van der Waals surface area contributed by atoms with Crippen molar-refractivity contribution in [1.82, 2.24) is 5.32 Å². The molecule has 0 bridgehead atoms. The number of nitrogens with one attached hydrogen (secondary N) is 1. The van der Waals surface area contributed by atoms with E-state index in [1.807, 2.05) is 0 Å². The van der Waals surface area contributed by atoms with Crippen molar-refractivity contribution in [3.05, 3.63) is 33.3 Å². The van der Waals surface area contributed by atoms with Gasteiger partial charge in [0.2, 0.25) is 0 Å². The molecule has 5 heteroatoms. The van der Waals surface area contributed by atoms with Crippen LogP contribution in [0.5, 0.6) is 0 Å². The van der Waals surface area contributed by atoms with Crippen LogP contribution in [0.15, 0.2) is 22.7 Å². The zero-order chi connectivity index (χ0) is 14.8. The smallest absolute Gasteiger partial charge is 0.251 e. The number of hydrogen-bond acceptors (Lipinski definition) is 2. The molecule has 1 aromatic carbocycles. The fourth-order valence-electron chi connectivity index (χ4n) is 2.82. The zero-order valence-electron chi connectivity index (χ0n) is 11.5. The first-order valence-electron chi connectivity index (χ1n) is 6.85. The fraction of sp³-hybridized carbons (Fsp3) is 0.533. The largest absolute Gasteiger partial charge is 0.388 e. The highest BCUT2D eigenvalue weighted by Crippen LogP contribution is 2.31. The molecule has 0 saturated heterocycles. The molecule has 0 aliphatic heterocycles. The second kappa shape index (κ2) is 6.46. The van der Waals surface area contributed by atoms with Crippen LogP contribution in [0, 0.1) is 5.92 Å². The van der Waals surface area contributed by atoms with E-state index in [0.717, 1.165) is 30.2 Å². The van der Waals surface area contributed by atoms with Crippen molar-refractivity contribution in [3.63, 3.8) is 0 Å². The minimum atomic E-state index is -0.775. The molecule has 0 spiro atoms. The van der Waals surface area contributed by atoms with Crippen molar-refractivity contribution in [3.8, 4) is 0 Å². The summed E-state index contributed by atoms with van der Waals surface area (Å²) in [6.07, 6.45) is 3.65. The predicted molar refractivity (Wildman–Crippen MR) is 84.1 cm³/mol. The summed E-state index contributed by atoms with van der Waals surface area (Å²) in [6, 6.07) is 5.07. The van der Waals surface area contributed by atoms with Crippen LogP contribution in [-0.2, 0) is 0 Å². The molecule has 1 saturated carbocycles. The van der Waals surface area contributed by atoms with Crippen molar-refractivity contribution in [2.24, 2.45) is 5.92 Å². The molecule has 0 aromatic heterocycles. The van der Waals surface area contributed by atoms with Crippen molar-refractivity contribution in [2.45, 2.75) is 38.2 Å². The third-order valence-electron chi connectivity index (χ3n) is 3.77. The molecule has 1 aromatic rings. The van der Waals surface area contributed by atoms with Crippen LogP contribution >= 0.6 is 27.5 Å². The Labute approximate surface area is 132 Å². The van der Waals surface area contributed by atoms with E-state index in [9.17, 15) is 9.90 Å². The van der Waals surface area contributed by atoms with Gasteiger partial charge in [0.25, 0.3) is 5.91 Å². The van der Waals surface area contributed by atoms with E-state index >= 15 is 0 Å².